The van der Waals surface area contributed by atoms with Crippen molar-refractivity contribution < 1.29 is 17.9 Å². The minimum atomic E-state index is -3.91. The molecular weight excluding hydrogens is 406 g/mol. The van der Waals surface area contributed by atoms with Gasteiger partial charge in [0.15, 0.2) is 0 Å². The third-order valence-electron chi connectivity index (χ3n) is 3.47. The highest BCUT2D eigenvalue weighted by atomic mass is 79.9. The maximum atomic E-state index is 13.1. The van der Waals surface area contributed by atoms with Crippen molar-refractivity contribution in [2.24, 2.45) is 0 Å². The Balaban J connectivity index is 2.53. The van der Waals surface area contributed by atoms with E-state index in [-0.39, 0.29) is 18.0 Å². The molecule has 0 fully saturated rings. The number of aryl methyl sites for hydroxylation is 2. The van der Waals surface area contributed by atoms with Crippen molar-refractivity contribution in [1.29, 1.82) is 0 Å². The fraction of sp³-hybridized carbons (Fsp3) is 0.278. The second-order valence-corrected chi connectivity index (χ2v) is 8.39. The molecule has 134 valence electrons. The van der Waals surface area contributed by atoms with Crippen molar-refractivity contribution in [2.75, 3.05) is 17.5 Å². The number of sulfonamides is 1. The van der Waals surface area contributed by atoms with E-state index in [9.17, 15) is 13.2 Å². The number of rotatable bonds is 6. The highest BCUT2D eigenvalue weighted by molar-refractivity contribution is 9.10. The van der Waals surface area contributed by atoms with Gasteiger partial charge >= 0.3 is 5.97 Å². The van der Waals surface area contributed by atoms with Crippen molar-refractivity contribution in [3.05, 3.63) is 58.1 Å². The number of halogens is 1. The van der Waals surface area contributed by atoms with Gasteiger partial charge in [0.05, 0.1) is 17.2 Å². The molecule has 0 aromatic heterocycles. The Kier molecular flexibility index (Phi) is 6.24. The zero-order valence-corrected chi connectivity index (χ0v) is 16.7. The van der Waals surface area contributed by atoms with Crippen LogP contribution in [0.3, 0.4) is 0 Å². The first-order valence-electron chi connectivity index (χ1n) is 7.76. The normalized spacial score (nSPS) is 11.2. The van der Waals surface area contributed by atoms with E-state index in [1.54, 1.807) is 31.2 Å². The predicted molar refractivity (Wildman–Crippen MR) is 101 cm³/mol. The minimum absolute atomic E-state index is 0.110. The Morgan fingerprint density at radius 3 is 2.16 bits per heavy atom. The number of nitrogens with zero attached hydrogens (tertiary/aromatic N) is 1. The molecule has 0 unspecified atom stereocenters. The van der Waals surface area contributed by atoms with Crippen molar-refractivity contribution >= 4 is 37.6 Å². The molecular formula is C18H20BrNO4S. The Labute approximate surface area is 156 Å². The van der Waals surface area contributed by atoms with Gasteiger partial charge < -0.3 is 4.74 Å². The SMILES string of the molecule is CCOC(=O)CN(c1cc(C)cc(C)c1)S(=O)(=O)c1ccc(Br)cc1. The minimum Gasteiger partial charge on any atom is -0.465 e. The molecule has 2 aromatic rings. The summed E-state index contributed by atoms with van der Waals surface area (Å²) in [5.41, 5.74) is 2.26. The molecule has 0 saturated heterocycles. The Morgan fingerprint density at radius 1 is 1.08 bits per heavy atom. The topological polar surface area (TPSA) is 63.7 Å². The van der Waals surface area contributed by atoms with Crippen LogP contribution in [0.15, 0.2) is 51.8 Å². The summed E-state index contributed by atoms with van der Waals surface area (Å²) in [6.07, 6.45) is 0. The van der Waals surface area contributed by atoms with Crippen LogP contribution in [0.4, 0.5) is 5.69 Å². The molecule has 0 aliphatic rings. The van der Waals surface area contributed by atoms with E-state index < -0.39 is 16.0 Å². The molecule has 0 bridgehead atoms. The van der Waals surface area contributed by atoms with Crippen LogP contribution in [-0.2, 0) is 19.6 Å². The average molecular weight is 426 g/mol. The Morgan fingerprint density at radius 2 is 1.64 bits per heavy atom. The van der Waals surface area contributed by atoms with Gasteiger partial charge in [-0.15, -0.1) is 0 Å². The molecule has 0 aliphatic carbocycles. The Hall–Kier alpha value is -1.86. The van der Waals surface area contributed by atoms with E-state index in [1.807, 2.05) is 19.9 Å². The van der Waals surface area contributed by atoms with Gasteiger partial charge in [0.1, 0.15) is 6.54 Å². The molecule has 0 N–H and O–H groups in total. The van der Waals surface area contributed by atoms with Crippen LogP contribution in [-0.4, -0.2) is 27.5 Å². The third-order valence-corrected chi connectivity index (χ3v) is 5.79. The maximum Gasteiger partial charge on any atom is 0.326 e. The number of carbonyl (C=O) groups is 1. The summed E-state index contributed by atoms with van der Waals surface area (Å²) < 4.78 is 33.0. The lowest BCUT2D eigenvalue weighted by Crippen LogP contribution is -2.36. The van der Waals surface area contributed by atoms with Gasteiger partial charge in [0, 0.05) is 4.47 Å². The van der Waals surface area contributed by atoms with Crippen molar-refractivity contribution in [2.45, 2.75) is 25.7 Å². The second kappa shape index (κ2) is 8.01. The summed E-state index contributed by atoms with van der Waals surface area (Å²) in [6, 6.07) is 11.7. The first kappa shape index (κ1) is 19.5. The zero-order valence-electron chi connectivity index (χ0n) is 14.3. The fourth-order valence-corrected chi connectivity index (χ4v) is 4.12. The monoisotopic (exact) mass is 425 g/mol. The molecule has 2 aromatic carbocycles. The Bertz CT molecular complexity index is 843. The summed E-state index contributed by atoms with van der Waals surface area (Å²) in [5.74, 6) is -0.595. The summed E-state index contributed by atoms with van der Waals surface area (Å²) in [5, 5.41) is 0. The molecule has 5 nitrogen and oxygen atoms in total. The lowest BCUT2D eigenvalue weighted by Gasteiger charge is -2.24. The largest absolute Gasteiger partial charge is 0.465 e. The standard InChI is InChI=1S/C18H20BrNO4S/c1-4-24-18(21)12-20(16-10-13(2)9-14(3)11-16)25(22,23)17-7-5-15(19)6-8-17/h5-11H,4,12H2,1-3H3. The fourth-order valence-electron chi connectivity index (χ4n) is 2.47. The van der Waals surface area contributed by atoms with Gasteiger partial charge in [-0.05, 0) is 68.3 Å². The van der Waals surface area contributed by atoms with E-state index in [1.165, 1.54) is 12.1 Å². The molecule has 0 spiro atoms. The maximum absolute atomic E-state index is 13.1. The van der Waals surface area contributed by atoms with Crippen molar-refractivity contribution in [1.82, 2.24) is 0 Å². The third kappa shape index (κ3) is 4.83. The number of hydrogen-bond acceptors (Lipinski definition) is 4. The van der Waals surface area contributed by atoms with Crippen LogP contribution < -0.4 is 4.31 Å². The highest BCUT2D eigenvalue weighted by Gasteiger charge is 2.28. The smallest absolute Gasteiger partial charge is 0.326 e. The molecule has 0 amide bonds. The summed E-state index contributed by atoms with van der Waals surface area (Å²) in [7, 11) is -3.91. The van der Waals surface area contributed by atoms with Crippen LogP contribution in [0.2, 0.25) is 0 Å². The van der Waals surface area contributed by atoms with Gasteiger partial charge in [-0.25, -0.2) is 8.42 Å². The average Bonchev–Trinajstić information content (AvgIpc) is 2.52. The highest BCUT2D eigenvalue weighted by Crippen LogP contribution is 2.26. The summed E-state index contributed by atoms with van der Waals surface area (Å²) in [6.45, 7) is 5.26. The van der Waals surface area contributed by atoms with Crippen molar-refractivity contribution in [3.63, 3.8) is 0 Å². The van der Waals surface area contributed by atoms with E-state index >= 15 is 0 Å². The van der Waals surface area contributed by atoms with E-state index in [4.69, 9.17) is 4.74 Å². The molecule has 25 heavy (non-hydrogen) atoms. The number of esters is 1. The van der Waals surface area contributed by atoms with E-state index in [2.05, 4.69) is 15.9 Å². The van der Waals surface area contributed by atoms with Gasteiger partial charge in [-0.2, -0.15) is 0 Å². The number of hydrogen-bond donors (Lipinski definition) is 0. The van der Waals surface area contributed by atoms with Crippen LogP contribution in [0.5, 0.6) is 0 Å². The van der Waals surface area contributed by atoms with E-state index in [0.717, 1.165) is 19.9 Å². The number of carbonyl (C=O) groups excluding carboxylic acids is 1. The first-order valence-corrected chi connectivity index (χ1v) is 9.99. The molecule has 0 aliphatic heterocycles. The predicted octanol–water partition coefficient (Wildman–Crippen LogP) is 3.82. The van der Waals surface area contributed by atoms with Crippen LogP contribution in [0, 0.1) is 13.8 Å². The van der Waals surface area contributed by atoms with Crippen LogP contribution in [0.25, 0.3) is 0 Å². The van der Waals surface area contributed by atoms with Gasteiger partial charge in [-0.1, -0.05) is 22.0 Å². The van der Waals surface area contributed by atoms with E-state index in [0.29, 0.717) is 5.69 Å². The summed E-state index contributed by atoms with van der Waals surface area (Å²) in [4.78, 5) is 12.1. The second-order valence-electron chi connectivity index (χ2n) is 5.62. The number of anilines is 1. The van der Waals surface area contributed by atoms with Gasteiger partial charge in [0.2, 0.25) is 0 Å². The number of ether oxygens (including phenoxy) is 1. The van der Waals surface area contributed by atoms with Gasteiger partial charge in [-0.3, -0.25) is 9.10 Å². The molecule has 2 rings (SSSR count). The molecule has 0 heterocycles. The summed E-state index contributed by atoms with van der Waals surface area (Å²) >= 11 is 3.29. The van der Waals surface area contributed by atoms with Crippen LogP contribution >= 0.6 is 15.9 Å². The van der Waals surface area contributed by atoms with Gasteiger partial charge in [0.25, 0.3) is 10.0 Å². The first-order chi connectivity index (χ1) is 11.7. The molecule has 0 atom stereocenters. The lowest BCUT2D eigenvalue weighted by atomic mass is 10.1. The van der Waals surface area contributed by atoms with Crippen LogP contribution in [0.1, 0.15) is 18.1 Å². The number of benzene rings is 2. The van der Waals surface area contributed by atoms with Crippen molar-refractivity contribution in [3.8, 4) is 0 Å². The molecule has 0 saturated carbocycles. The zero-order chi connectivity index (χ0) is 18.6. The molecule has 0 radical (unpaired) electrons. The quantitative estimate of drug-likeness (QED) is 0.659. The molecule has 7 heteroatoms. The lowest BCUT2D eigenvalue weighted by molar-refractivity contribution is -0.141.